The van der Waals surface area contributed by atoms with E-state index in [1.165, 1.54) is 57.5 Å². The fourth-order valence-electron chi connectivity index (χ4n) is 3.59. The normalized spacial score (nSPS) is 24.1. The molecule has 4 nitrogen and oxygen atoms in total. The summed E-state index contributed by atoms with van der Waals surface area (Å²) in [6.45, 7) is 7.76. The molecule has 2 N–H and O–H groups in total. The van der Waals surface area contributed by atoms with Crippen molar-refractivity contribution < 1.29 is 0 Å². The second kappa shape index (κ2) is 10.4. The SMILES string of the molecule is CCNC(=NCCCSC)NC1CCN(CC2CCCC2)C1. The summed E-state index contributed by atoms with van der Waals surface area (Å²) in [5, 5.41) is 7.03. The fraction of sp³-hybridized carbons (Fsp3) is 0.941. The molecule has 2 rings (SSSR count). The molecule has 1 unspecified atom stereocenters. The highest BCUT2D eigenvalue weighted by atomic mass is 32.2. The van der Waals surface area contributed by atoms with Crippen LogP contribution in [0.15, 0.2) is 4.99 Å². The Morgan fingerprint density at radius 1 is 1.27 bits per heavy atom. The number of likely N-dealkylation sites (tertiary alicyclic amines) is 1. The van der Waals surface area contributed by atoms with Crippen LogP contribution in [-0.4, -0.2) is 61.6 Å². The molecule has 1 aliphatic carbocycles. The van der Waals surface area contributed by atoms with Crippen LogP contribution in [0.4, 0.5) is 0 Å². The Bertz CT molecular complexity index is 329. The van der Waals surface area contributed by atoms with Crippen LogP contribution in [0.25, 0.3) is 0 Å². The molecule has 0 aromatic carbocycles. The van der Waals surface area contributed by atoms with E-state index in [-0.39, 0.29) is 0 Å². The molecule has 1 saturated heterocycles. The van der Waals surface area contributed by atoms with Crippen LogP contribution in [0.5, 0.6) is 0 Å². The van der Waals surface area contributed by atoms with Gasteiger partial charge in [0.1, 0.15) is 0 Å². The van der Waals surface area contributed by atoms with E-state index < -0.39 is 0 Å². The molecule has 22 heavy (non-hydrogen) atoms. The standard InChI is InChI=1S/C17H34N4S/c1-3-18-17(19-10-6-12-22-2)20-16-9-11-21(14-16)13-15-7-4-5-8-15/h15-16H,3-14H2,1-2H3,(H2,18,19,20). The van der Waals surface area contributed by atoms with Crippen LogP contribution in [0.3, 0.4) is 0 Å². The van der Waals surface area contributed by atoms with Crippen molar-refractivity contribution in [3.8, 4) is 0 Å². The minimum absolute atomic E-state index is 0.569. The van der Waals surface area contributed by atoms with Crippen LogP contribution < -0.4 is 10.6 Å². The first-order valence-corrected chi connectivity index (χ1v) is 10.5. The molecule has 2 aliphatic rings. The van der Waals surface area contributed by atoms with Gasteiger partial charge in [0.25, 0.3) is 0 Å². The maximum atomic E-state index is 4.71. The summed E-state index contributed by atoms with van der Waals surface area (Å²) in [6, 6.07) is 0.569. The molecule has 0 spiro atoms. The summed E-state index contributed by atoms with van der Waals surface area (Å²) in [7, 11) is 0. The molecular formula is C17H34N4S. The molecule has 2 fully saturated rings. The highest BCUT2D eigenvalue weighted by molar-refractivity contribution is 7.98. The van der Waals surface area contributed by atoms with Crippen LogP contribution in [-0.2, 0) is 0 Å². The van der Waals surface area contributed by atoms with Gasteiger partial charge in [-0.25, -0.2) is 0 Å². The third-order valence-corrected chi connectivity index (χ3v) is 5.42. The number of thioether (sulfide) groups is 1. The Hall–Kier alpha value is -0.420. The molecule has 0 amide bonds. The lowest BCUT2D eigenvalue weighted by Gasteiger charge is -2.21. The van der Waals surface area contributed by atoms with Gasteiger partial charge >= 0.3 is 0 Å². The van der Waals surface area contributed by atoms with E-state index in [2.05, 4.69) is 28.7 Å². The van der Waals surface area contributed by atoms with Crippen LogP contribution in [0.1, 0.15) is 45.4 Å². The molecule has 1 aliphatic heterocycles. The average molecular weight is 327 g/mol. The lowest BCUT2D eigenvalue weighted by Crippen LogP contribution is -2.44. The van der Waals surface area contributed by atoms with Crippen molar-refractivity contribution in [1.82, 2.24) is 15.5 Å². The van der Waals surface area contributed by atoms with Crippen molar-refractivity contribution in [3.63, 3.8) is 0 Å². The largest absolute Gasteiger partial charge is 0.357 e. The van der Waals surface area contributed by atoms with Gasteiger partial charge in [-0.15, -0.1) is 0 Å². The smallest absolute Gasteiger partial charge is 0.191 e. The topological polar surface area (TPSA) is 39.7 Å². The van der Waals surface area contributed by atoms with Crippen molar-refractivity contribution in [1.29, 1.82) is 0 Å². The predicted molar refractivity (Wildman–Crippen MR) is 98.9 cm³/mol. The van der Waals surface area contributed by atoms with Gasteiger partial charge in [-0.2, -0.15) is 11.8 Å². The Balaban J connectivity index is 1.70. The molecular weight excluding hydrogens is 292 g/mol. The van der Waals surface area contributed by atoms with Gasteiger partial charge in [0.2, 0.25) is 0 Å². The average Bonchev–Trinajstić information content (AvgIpc) is 3.16. The summed E-state index contributed by atoms with van der Waals surface area (Å²) in [5.74, 6) is 3.17. The van der Waals surface area contributed by atoms with Crippen molar-refractivity contribution in [2.75, 3.05) is 44.7 Å². The van der Waals surface area contributed by atoms with E-state index in [1.807, 2.05) is 11.8 Å². The second-order valence-corrected chi connectivity index (χ2v) is 7.63. The first-order valence-electron chi connectivity index (χ1n) is 9.08. The molecule has 1 atom stereocenters. The predicted octanol–water partition coefficient (Wildman–Crippen LogP) is 2.56. The molecule has 128 valence electrons. The van der Waals surface area contributed by atoms with Crippen LogP contribution in [0.2, 0.25) is 0 Å². The first-order chi connectivity index (χ1) is 10.8. The minimum Gasteiger partial charge on any atom is -0.357 e. The summed E-state index contributed by atoms with van der Waals surface area (Å²) >= 11 is 1.90. The molecule has 0 aromatic heterocycles. The third kappa shape index (κ3) is 6.37. The maximum Gasteiger partial charge on any atom is 0.191 e. The summed E-state index contributed by atoms with van der Waals surface area (Å²) in [6.07, 6.45) is 10.4. The first kappa shape index (κ1) is 17.9. The highest BCUT2D eigenvalue weighted by Crippen LogP contribution is 2.26. The van der Waals surface area contributed by atoms with Crippen molar-refractivity contribution in [2.24, 2.45) is 10.9 Å². The molecule has 0 bridgehead atoms. The molecule has 5 heteroatoms. The van der Waals surface area contributed by atoms with E-state index >= 15 is 0 Å². The van der Waals surface area contributed by atoms with Crippen molar-refractivity contribution in [3.05, 3.63) is 0 Å². The Kier molecular flexibility index (Phi) is 8.45. The maximum absolute atomic E-state index is 4.71. The molecule has 1 heterocycles. The zero-order chi connectivity index (χ0) is 15.6. The zero-order valence-electron chi connectivity index (χ0n) is 14.4. The Labute approximate surface area is 140 Å². The highest BCUT2D eigenvalue weighted by Gasteiger charge is 2.26. The summed E-state index contributed by atoms with van der Waals surface area (Å²) in [5.41, 5.74) is 0. The van der Waals surface area contributed by atoms with E-state index in [0.29, 0.717) is 6.04 Å². The summed E-state index contributed by atoms with van der Waals surface area (Å²) < 4.78 is 0. The lowest BCUT2D eigenvalue weighted by atomic mass is 10.1. The number of nitrogens with zero attached hydrogens (tertiary/aromatic N) is 2. The van der Waals surface area contributed by atoms with Gasteiger partial charge in [0.15, 0.2) is 5.96 Å². The fourth-order valence-corrected chi connectivity index (χ4v) is 4.01. The minimum atomic E-state index is 0.569. The number of guanidine groups is 1. The Morgan fingerprint density at radius 3 is 2.82 bits per heavy atom. The number of hydrogen-bond donors (Lipinski definition) is 2. The van der Waals surface area contributed by atoms with E-state index in [4.69, 9.17) is 4.99 Å². The van der Waals surface area contributed by atoms with Crippen molar-refractivity contribution in [2.45, 2.75) is 51.5 Å². The zero-order valence-corrected chi connectivity index (χ0v) is 15.3. The van der Waals surface area contributed by atoms with Gasteiger partial charge in [-0.05, 0) is 50.5 Å². The second-order valence-electron chi connectivity index (χ2n) is 6.65. The number of aliphatic imine (C=N–C) groups is 1. The number of rotatable bonds is 8. The summed E-state index contributed by atoms with van der Waals surface area (Å²) in [4.78, 5) is 7.36. The quantitative estimate of drug-likeness (QED) is 0.408. The lowest BCUT2D eigenvalue weighted by molar-refractivity contribution is 0.275. The van der Waals surface area contributed by atoms with Gasteiger partial charge in [0.05, 0.1) is 0 Å². The van der Waals surface area contributed by atoms with Gasteiger partial charge in [-0.3, -0.25) is 4.99 Å². The Morgan fingerprint density at radius 2 is 2.09 bits per heavy atom. The van der Waals surface area contributed by atoms with Crippen LogP contribution in [0, 0.1) is 5.92 Å². The monoisotopic (exact) mass is 326 g/mol. The van der Waals surface area contributed by atoms with E-state index in [9.17, 15) is 0 Å². The molecule has 0 aromatic rings. The van der Waals surface area contributed by atoms with E-state index in [0.717, 1.165) is 31.4 Å². The van der Waals surface area contributed by atoms with Gasteiger partial charge < -0.3 is 15.5 Å². The number of hydrogen-bond acceptors (Lipinski definition) is 3. The number of nitrogens with one attached hydrogen (secondary N) is 2. The third-order valence-electron chi connectivity index (χ3n) is 4.73. The van der Waals surface area contributed by atoms with Gasteiger partial charge in [0, 0.05) is 38.8 Å². The van der Waals surface area contributed by atoms with E-state index in [1.54, 1.807) is 0 Å². The molecule has 1 saturated carbocycles. The van der Waals surface area contributed by atoms with Crippen LogP contribution >= 0.6 is 11.8 Å². The molecule has 0 radical (unpaired) electrons. The van der Waals surface area contributed by atoms with Crippen molar-refractivity contribution >= 4 is 17.7 Å². The van der Waals surface area contributed by atoms with Gasteiger partial charge in [-0.1, -0.05) is 12.8 Å².